The Morgan fingerprint density at radius 2 is 2.06 bits per heavy atom. The first-order chi connectivity index (χ1) is 15.3. The van der Waals surface area contributed by atoms with Gasteiger partial charge in [0.2, 0.25) is 17.7 Å². The van der Waals surface area contributed by atoms with Crippen molar-refractivity contribution in [3.63, 3.8) is 0 Å². The van der Waals surface area contributed by atoms with Crippen LogP contribution in [0.4, 0.5) is 5.69 Å². The Kier molecular flexibility index (Phi) is 6.03. The molecule has 2 aromatic rings. The van der Waals surface area contributed by atoms with Crippen LogP contribution in [0.5, 0.6) is 0 Å². The van der Waals surface area contributed by atoms with Crippen molar-refractivity contribution in [3.05, 3.63) is 58.4 Å². The smallest absolute Gasteiger partial charge is 0.255 e. The maximum absolute atomic E-state index is 12.9. The molecule has 0 aliphatic carbocycles. The molecule has 2 aliphatic rings. The van der Waals surface area contributed by atoms with Crippen molar-refractivity contribution in [1.29, 1.82) is 0 Å². The highest BCUT2D eigenvalue weighted by atomic mass is 16.2. The number of benzene rings is 1. The summed E-state index contributed by atoms with van der Waals surface area (Å²) in [7, 11) is 0. The lowest BCUT2D eigenvalue weighted by Crippen LogP contribution is -2.52. The molecule has 1 fully saturated rings. The number of imide groups is 1. The van der Waals surface area contributed by atoms with Crippen molar-refractivity contribution in [2.24, 2.45) is 0 Å². The molecule has 1 aromatic heterocycles. The van der Waals surface area contributed by atoms with E-state index in [1.165, 1.54) is 4.90 Å². The van der Waals surface area contributed by atoms with Gasteiger partial charge < -0.3 is 10.2 Å². The van der Waals surface area contributed by atoms with E-state index in [9.17, 15) is 19.2 Å². The number of amides is 4. The largest absolute Gasteiger partial charge is 0.326 e. The van der Waals surface area contributed by atoms with E-state index in [1.54, 1.807) is 0 Å². The molecule has 3 heterocycles. The first kappa shape index (κ1) is 21.7. The zero-order valence-corrected chi connectivity index (χ0v) is 18.2. The number of carbonyl (C=O) groups is 4. The highest BCUT2D eigenvalue weighted by Gasteiger charge is 2.39. The number of nitrogens with one attached hydrogen (secondary N) is 2. The topological polar surface area (TPSA) is 108 Å². The molecule has 0 saturated carbocycles. The van der Waals surface area contributed by atoms with Gasteiger partial charge in [0.05, 0.1) is 0 Å². The summed E-state index contributed by atoms with van der Waals surface area (Å²) in [4.78, 5) is 54.9. The minimum atomic E-state index is -0.626. The van der Waals surface area contributed by atoms with Gasteiger partial charge in [0.25, 0.3) is 5.91 Å². The fourth-order valence-electron chi connectivity index (χ4n) is 4.23. The third-order valence-electron chi connectivity index (χ3n) is 5.89. The number of aryl methyl sites for hydroxylation is 3. The van der Waals surface area contributed by atoms with Gasteiger partial charge in [0.1, 0.15) is 6.04 Å². The van der Waals surface area contributed by atoms with Crippen molar-refractivity contribution in [2.45, 2.75) is 58.5 Å². The number of carbonyl (C=O) groups excluding carboxylic acids is 4. The molecule has 8 nitrogen and oxygen atoms in total. The highest BCUT2D eigenvalue weighted by molar-refractivity contribution is 6.05. The predicted octanol–water partition coefficient (Wildman–Crippen LogP) is 2.78. The molecule has 1 atom stereocenters. The number of piperidine rings is 1. The molecule has 4 amide bonds. The Labute approximate surface area is 189 Å². The average molecular weight is 439 g/mol. The van der Waals surface area contributed by atoms with Gasteiger partial charge in [-0.2, -0.15) is 0 Å². The number of rotatable bonds is 6. The summed E-state index contributed by atoms with van der Waals surface area (Å²) >= 11 is 0. The van der Waals surface area contributed by atoms with E-state index in [2.05, 4.69) is 15.6 Å². The van der Waals surface area contributed by atoms with Crippen LogP contribution in [0.25, 0.3) is 0 Å². The van der Waals surface area contributed by atoms with Gasteiger partial charge in [-0.05, 0) is 55.5 Å². The van der Waals surface area contributed by atoms with Crippen LogP contribution in [-0.2, 0) is 33.8 Å². The third kappa shape index (κ3) is 4.54. The Hall–Kier alpha value is -3.55. The van der Waals surface area contributed by atoms with Crippen molar-refractivity contribution < 1.29 is 22.0 Å². The predicted molar refractivity (Wildman–Crippen MR) is 122 cm³/mol. The van der Waals surface area contributed by atoms with E-state index in [4.69, 9.17) is 0 Å². The van der Waals surface area contributed by atoms with Crippen molar-refractivity contribution in [3.8, 4) is 0 Å². The van der Waals surface area contributed by atoms with Crippen LogP contribution in [-0.4, -0.2) is 39.6 Å². The summed E-state index contributed by atoms with van der Waals surface area (Å²) in [5.74, 6) is -1.03. The van der Waals surface area contributed by atoms with Crippen molar-refractivity contribution in [1.82, 2.24) is 15.2 Å². The fourth-order valence-corrected chi connectivity index (χ4v) is 4.23. The van der Waals surface area contributed by atoms with Crippen LogP contribution < -0.4 is 10.6 Å². The zero-order chi connectivity index (χ0) is 22.8. The fraction of sp³-hybridized carbons (Fsp3) is 0.375. The number of hydrogen-bond acceptors (Lipinski definition) is 5. The summed E-state index contributed by atoms with van der Waals surface area (Å²) in [5.41, 5.74) is 4.83. The number of nitrogens with zero attached hydrogens (tertiary/aromatic N) is 2. The van der Waals surface area contributed by atoms with E-state index in [0.29, 0.717) is 24.9 Å². The lowest BCUT2D eigenvalue weighted by Gasteiger charge is -2.29. The van der Waals surface area contributed by atoms with Crippen LogP contribution in [0.1, 0.15) is 61.9 Å². The molecule has 0 spiro atoms. The molecule has 2 N–H and O–H groups in total. The molecule has 2 aliphatic heterocycles. The second-order valence-corrected chi connectivity index (χ2v) is 8.28. The maximum atomic E-state index is 12.9. The SMILES string of the molecule is CCc1cc(NC(=O)CCc2ccc3c(c2)C(=O)N(C2CCC(=O)NC2=O)C3)cc(C)n1.[HH].[HH]. The summed E-state index contributed by atoms with van der Waals surface area (Å²) in [6.45, 7) is 4.26. The molecular formula is C24H30N4O4. The number of hydrogen-bond donors (Lipinski definition) is 2. The quantitative estimate of drug-likeness (QED) is 0.674. The minimum absolute atomic E-state index is 0. The molecule has 1 aromatic carbocycles. The number of anilines is 1. The molecule has 4 rings (SSSR count). The number of pyridine rings is 1. The molecule has 0 radical (unpaired) electrons. The average Bonchev–Trinajstić information content (AvgIpc) is 3.07. The van der Waals surface area contributed by atoms with Gasteiger partial charge in [-0.1, -0.05) is 19.1 Å². The highest BCUT2D eigenvalue weighted by Crippen LogP contribution is 2.28. The first-order valence-corrected chi connectivity index (χ1v) is 10.9. The molecule has 8 heteroatoms. The van der Waals surface area contributed by atoms with Gasteiger partial charge in [-0.25, -0.2) is 0 Å². The van der Waals surface area contributed by atoms with Gasteiger partial charge in [0, 0.05) is 44.9 Å². The van der Waals surface area contributed by atoms with Gasteiger partial charge in [-0.15, -0.1) is 0 Å². The van der Waals surface area contributed by atoms with Gasteiger partial charge >= 0.3 is 0 Å². The Morgan fingerprint density at radius 1 is 1.25 bits per heavy atom. The second kappa shape index (κ2) is 8.90. The lowest BCUT2D eigenvalue weighted by atomic mass is 10.0. The molecule has 1 saturated heterocycles. The summed E-state index contributed by atoms with van der Waals surface area (Å²) < 4.78 is 0. The molecule has 170 valence electrons. The standard InChI is InChI=1S/C24H26N4O4.2H2/c1-3-17-12-18(10-14(2)25-17)26-21(29)8-5-15-4-6-16-13-28(24(32)19(16)11-15)20-7-9-22(30)27-23(20)31;;/h4,6,10-12,20H,3,5,7-9,13H2,1-2H3,(H,25,26,29)(H,27,30,31);2*1H. The Bertz CT molecular complexity index is 1120. The first-order valence-electron chi connectivity index (χ1n) is 10.9. The van der Waals surface area contributed by atoms with Crippen molar-refractivity contribution in [2.75, 3.05) is 5.32 Å². The van der Waals surface area contributed by atoms with E-state index in [1.807, 2.05) is 44.2 Å². The number of fused-ring (bicyclic) bond motifs is 1. The van der Waals surface area contributed by atoms with Gasteiger partial charge in [-0.3, -0.25) is 29.5 Å². The van der Waals surface area contributed by atoms with E-state index in [-0.39, 0.29) is 33.4 Å². The lowest BCUT2D eigenvalue weighted by molar-refractivity contribution is -0.137. The van der Waals surface area contributed by atoms with Crippen LogP contribution in [0.15, 0.2) is 30.3 Å². The van der Waals surface area contributed by atoms with Crippen LogP contribution in [0, 0.1) is 6.92 Å². The monoisotopic (exact) mass is 438 g/mol. The van der Waals surface area contributed by atoms with E-state index >= 15 is 0 Å². The molecule has 1 unspecified atom stereocenters. The maximum Gasteiger partial charge on any atom is 0.255 e. The second-order valence-electron chi connectivity index (χ2n) is 8.28. The van der Waals surface area contributed by atoms with Crippen LogP contribution in [0.3, 0.4) is 0 Å². The third-order valence-corrected chi connectivity index (χ3v) is 5.89. The van der Waals surface area contributed by atoms with E-state index in [0.717, 1.165) is 34.6 Å². The zero-order valence-electron chi connectivity index (χ0n) is 18.2. The van der Waals surface area contributed by atoms with E-state index < -0.39 is 11.9 Å². The van der Waals surface area contributed by atoms with Crippen molar-refractivity contribution >= 4 is 29.3 Å². The normalized spacial score (nSPS) is 17.9. The Balaban J connectivity index is 0.00000204. The molecule has 0 bridgehead atoms. The summed E-state index contributed by atoms with van der Waals surface area (Å²) in [6, 6.07) is 8.70. The van der Waals surface area contributed by atoms with Crippen LogP contribution in [0.2, 0.25) is 0 Å². The molecule has 32 heavy (non-hydrogen) atoms. The van der Waals surface area contributed by atoms with Crippen LogP contribution >= 0.6 is 0 Å². The summed E-state index contributed by atoms with van der Waals surface area (Å²) in [6.07, 6.45) is 2.14. The molecular weight excluding hydrogens is 408 g/mol. The van der Waals surface area contributed by atoms with Gasteiger partial charge in [0.15, 0.2) is 0 Å². The number of aromatic nitrogens is 1. The summed E-state index contributed by atoms with van der Waals surface area (Å²) in [5, 5.41) is 5.23. The Morgan fingerprint density at radius 3 is 2.81 bits per heavy atom. The minimum Gasteiger partial charge on any atom is -0.326 e.